The number of nitrogens with zero attached hydrogens (tertiary/aromatic N) is 1. The lowest BCUT2D eigenvalue weighted by Gasteiger charge is -2.04. The largest absolute Gasteiger partial charge is 0.381 e. The highest BCUT2D eigenvalue weighted by atomic mass is 16.5. The van der Waals surface area contributed by atoms with E-state index in [1.54, 1.807) is 0 Å². The lowest BCUT2D eigenvalue weighted by atomic mass is 10.00. The van der Waals surface area contributed by atoms with E-state index in [4.69, 9.17) is 10.3 Å². The fraction of sp³-hybridized carbons (Fsp3) is 0.769. The Morgan fingerprint density at radius 2 is 1.88 bits per heavy atom. The molecule has 16 heavy (non-hydrogen) atoms. The quantitative estimate of drug-likeness (QED) is 0.832. The van der Waals surface area contributed by atoms with Crippen LogP contribution in [0.1, 0.15) is 62.7 Å². The zero-order valence-corrected chi connectivity index (χ0v) is 10.1. The average Bonchev–Trinajstić information content (AvgIpc) is 2.86. The minimum absolute atomic E-state index is 0.420. The minimum Gasteiger partial charge on any atom is -0.381 e. The van der Waals surface area contributed by atoms with E-state index in [0.717, 1.165) is 17.6 Å². The third kappa shape index (κ3) is 1.37. The third-order valence-electron chi connectivity index (χ3n) is 4.32. The van der Waals surface area contributed by atoms with Gasteiger partial charge in [-0.05, 0) is 30.6 Å². The van der Waals surface area contributed by atoms with Crippen LogP contribution in [0, 0.1) is 11.8 Å². The molecule has 2 atom stereocenters. The second kappa shape index (κ2) is 3.51. The van der Waals surface area contributed by atoms with Crippen molar-refractivity contribution in [3.05, 3.63) is 11.3 Å². The van der Waals surface area contributed by atoms with E-state index in [1.807, 2.05) is 0 Å². The van der Waals surface area contributed by atoms with Gasteiger partial charge in [0.15, 0.2) is 5.82 Å². The Balaban J connectivity index is 1.90. The van der Waals surface area contributed by atoms with Gasteiger partial charge >= 0.3 is 0 Å². The van der Waals surface area contributed by atoms with E-state index in [-0.39, 0.29) is 0 Å². The molecule has 0 aliphatic heterocycles. The number of nitrogens with two attached hydrogens (primary N) is 1. The van der Waals surface area contributed by atoms with Crippen LogP contribution in [0.3, 0.4) is 0 Å². The Bertz CT molecular complexity index is 385. The van der Waals surface area contributed by atoms with Gasteiger partial charge in [0.2, 0.25) is 0 Å². The van der Waals surface area contributed by atoms with E-state index in [0.29, 0.717) is 17.7 Å². The molecule has 1 aromatic heterocycles. The summed E-state index contributed by atoms with van der Waals surface area (Å²) in [5, 5.41) is 3.96. The molecule has 0 saturated heterocycles. The van der Waals surface area contributed by atoms with Gasteiger partial charge in [-0.2, -0.15) is 0 Å². The van der Waals surface area contributed by atoms with E-state index in [1.165, 1.54) is 31.2 Å². The molecule has 2 fully saturated rings. The van der Waals surface area contributed by atoms with Gasteiger partial charge in [0, 0.05) is 11.5 Å². The molecule has 2 aliphatic rings. The average molecular weight is 220 g/mol. The first-order valence-electron chi connectivity index (χ1n) is 6.45. The lowest BCUT2D eigenvalue weighted by molar-refractivity contribution is 0.378. The molecule has 3 rings (SSSR count). The van der Waals surface area contributed by atoms with Crippen molar-refractivity contribution in [2.24, 2.45) is 11.8 Å². The van der Waals surface area contributed by atoms with Crippen molar-refractivity contribution < 1.29 is 4.52 Å². The standard InChI is InChI=1S/C13H20N2O/c1-7(2)10-12(16-15-13(10)14)11-8-5-3-4-6-9(8)11/h7-9,11H,3-6H2,1-2H3,(H2,14,15). The lowest BCUT2D eigenvalue weighted by Crippen LogP contribution is -1.97. The Hall–Kier alpha value is -0.990. The van der Waals surface area contributed by atoms with Crippen molar-refractivity contribution in [2.45, 2.75) is 51.4 Å². The van der Waals surface area contributed by atoms with Crippen molar-refractivity contribution in [1.29, 1.82) is 0 Å². The number of fused-ring (bicyclic) bond motifs is 1. The molecule has 1 heterocycles. The van der Waals surface area contributed by atoms with Crippen LogP contribution in [0.2, 0.25) is 0 Å². The zero-order valence-electron chi connectivity index (χ0n) is 10.1. The topological polar surface area (TPSA) is 52.0 Å². The number of aromatic nitrogens is 1. The van der Waals surface area contributed by atoms with Gasteiger partial charge in [-0.25, -0.2) is 0 Å². The summed E-state index contributed by atoms with van der Waals surface area (Å²) in [7, 11) is 0. The first-order valence-corrected chi connectivity index (χ1v) is 6.45. The Morgan fingerprint density at radius 3 is 2.44 bits per heavy atom. The number of hydrogen-bond donors (Lipinski definition) is 1. The van der Waals surface area contributed by atoms with Crippen molar-refractivity contribution in [1.82, 2.24) is 5.16 Å². The van der Waals surface area contributed by atoms with Gasteiger partial charge in [0.25, 0.3) is 0 Å². The van der Waals surface area contributed by atoms with Crippen LogP contribution in [-0.2, 0) is 0 Å². The highest BCUT2D eigenvalue weighted by Gasteiger charge is 2.54. The molecule has 2 N–H and O–H groups in total. The molecule has 1 aromatic rings. The van der Waals surface area contributed by atoms with E-state index >= 15 is 0 Å². The maximum absolute atomic E-state index is 5.89. The third-order valence-corrected chi connectivity index (χ3v) is 4.32. The van der Waals surface area contributed by atoms with Crippen molar-refractivity contribution in [2.75, 3.05) is 5.73 Å². The van der Waals surface area contributed by atoms with E-state index in [2.05, 4.69) is 19.0 Å². The van der Waals surface area contributed by atoms with Gasteiger partial charge in [0.05, 0.1) is 0 Å². The zero-order chi connectivity index (χ0) is 11.3. The van der Waals surface area contributed by atoms with E-state index < -0.39 is 0 Å². The second-order valence-electron chi connectivity index (χ2n) is 5.64. The molecule has 2 aliphatic carbocycles. The fourth-order valence-electron chi connectivity index (χ4n) is 3.52. The minimum atomic E-state index is 0.420. The van der Waals surface area contributed by atoms with Crippen LogP contribution < -0.4 is 5.73 Å². The normalized spacial score (nSPS) is 32.8. The predicted molar refractivity (Wildman–Crippen MR) is 63.2 cm³/mol. The summed E-state index contributed by atoms with van der Waals surface area (Å²) in [5.74, 6) is 4.48. The first-order chi connectivity index (χ1) is 7.70. The molecule has 0 bridgehead atoms. The summed E-state index contributed by atoms with van der Waals surface area (Å²) in [5.41, 5.74) is 7.06. The summed E-state index contributed by atoms with van der Waals surface area (Å²) >= 11 is 0. The molecule has 88 valence electrons. The van der Waals surface area contributed by atoms with Gasteiger partial charge in [-0.15, -0.1) is 0 Å². The highest BCUT2D eigenvalue weighted by molar-refractivity contribution is 5.46. The van der Waals surface area contributed by atoms with Gasteiger partial charge in [-0.1, -0.05) is 31.8 Å². The van der Waals surface area contributed by atoms with Gasteiger partial charge < -0.3 is 10.3 Å². The van der Waals surface area contributed by atoms with Crippen LogP contribution in [-0.4, -0.2) is 5.16 Å². The van der Waals surface area contributed by atoms with Crippen LogP contribution in [0.15, 0.2) is 4.52 Å². The number of anilines is 1. The van der Waals surface area contributed by atoms with Crippen LogP contribution in [0.5, 0.6) is 0 Å². The molecule has 2 unspecified atom stereocenters. The Labute approximate surface area is 96.4 Å². The van der Waals surface area contributed by atoms with Crippen LogP contribution in [0.4, 0.5) is 5.82 Å². The molecule has 3 heteroatoms. The second-order valence-corrected chi connectivity index (χ2v) is 5.64. The van der Waals surface area contributed by atoms with Crippen molar-refractivity contribution in [3.8, 4) is 0 Å². The maximum atomic E-state index is 5.89. The fourth-order valence-corrected chi connectivity index (χ4v) is 3.52. The van der Waals surface area contributed by atoms with Crippen LogP contribution in [0.25, 0.3) is 0 Å². The molecule has 0 amide bonds. The summed E-state index contributed by atoms with van der Waals surface area (Å²) in [4.78, 5) is 0. The highest BCUT2D eigenvalue weighted by Crippen LogP contribution is 2.62. The molecule has 2 saturated carbocycles. The summed E-state index contributed by atoms with van der Waals surface area (Å²) < 4.78 is 5.50. The number of hydrogen-bond acceptors (Lipinski definition) is 3. The maximum Gasteiger partial charge on any atom is 0.170 e. The monoisotopic (exact) mass is 220 g/mol. The van der Waals surface area contributed by atoms with Gasteiger partial charge in [0.1, 0.15) is 5.76 Å². The van der Waals surface area contributed by atoms with Gasteiger partial charge in [-0.3, -0.25) is 0 Å². The number of rotatable bonds is 2. The molecular weight excluding hydrogens is 200 g/mol. The molecule has 0 aromatic carbocycles. The molecular formula is C13H20N2O. The van der Waals surface area contributed by atoms with Crippen molar-refractivity contribution in [3.63, 3.8) is 0 Å². The molecule has 0 radical (unpaired) electrons. The smallest absolute Gasteiger partial charge is 0.170 e. The molecule has 0 spiro atoms. The number of nitrogen functional groups attached to an aromatic ring is 1. The van der Waals surface area contributed by atoms with Crippen molar-refractivity contribution >= 4 is 5.82 Å². The summed E-state index contributed by atoms with van der Waals surface area (Å²) in [6.45, 7) is 4.33. The summed E-state index contributed by atoms with van der Waals surface area (Å²) in [6.07, 6.45) is 5.51. The summed E-state index contributed by atoms with van der Waals surface area (Å²) in [6, 6.07) is 0. The van der Waals surface area contributed by atoms with E-state index in [9.17, 15) is 0 Å². The molecule has 3 nitrogen and oxygen atoms in total. The Kier molecular flexibility index (Phi) is 2.23. The Morgan fingerprint density at radius 1 is 1.25 bits per heavy atom. The predicted octanol–water partition coefficient (Wildman–Crippen LogP) is 3.28. The SMILES string of the molecule is CC(C)c1c(N)noc1C1C2CCCCC21. The van der Waals surface area contributed by atoms with Crippen LogP contribution >= 0.6 is 0 Å². The first kappa shape index (κ1) is 10.2.